The molecule has 1 aromatic heterocycles. The molecule has 2 rings (SSSR count). The van der Waals surface area contributed by atoms with Crippen LogP contribution in [0.1, 0.15) is 27.7 Å². The van der Waals surface area contributed by atoms with Crippen LogP contribution in [-0.4, -0.2) is 17.5 Å². The Bertz CT molecular complexity index is 432. The highest BCUT2D eigenvalue weighted by atomic mass is 35.5. The largest absolute Gasteiger partial charge is 0.425 e. The van der Waals surface area contributed by atoms with Crippen molar-refractivity contribution in [2.45, 2.75) is 39.6 Å². The van der Waals surface area contributed by atoms with Crippen molar-refractivity contribution in [2.75, 3.05) is 0 Å². The van der Waals surface area contributed by atoms with Gasteiger partial charge in [-0.2, -0.15) is 0 Å². The number of hydrogen-bond acceptors (Lipinski definition) is 2. The van der Waals surface area contributed by atoms with Crippen molar-refractivity contribution in [3.63, 3.8) is 0 Å². The monoisotopic (exact) mass is 271 g/mol. The highest BCUT2D eigenvalue weighted by molar-refractivity contribution is 6.71. The summed E-state index contributed by atoms with van der Waals surface area (Å²) in [6.07, 6.45) is 2.60. The second-order valence-electron chi connectivity index (χ2n) is 5.71. The van der Waals surface area contributed by atoms with Crippen LogP contribution in [0.3, 0.4) is 0 Å². The van der Waals surface area contributed by atoms with Gasteiger partial charge in [0.25, 0.3) is 0 Å². The molecule has 1 saturated heterocycles. The van der Waals surface area contributed by atoms with Crippen molar-refractivity contribution in [3.05, 3.63) is 22.4 Å². The van der Waals surface area contributed by atoms with E-state index in [2.05, 4.69) is 32.7 Å². The standard InChI is InChI=1S/C12H16BCl2NO/c1-11(2)7-13(17-12(11,3)4)8-5-6-16-10(15)9(8)14/h5-6H,7H2,1-4H3. The summed E-state index contributed by atoms with van der Waals surface area (Å²) in [6, 6.07) is 1.89. The van der Waals surface area contributed by atoms with Crippen molar-refractivity contribution in [1.82, 2.24) is 4.98 Å². The van der Waals surface area contributed by atoms with E-state index in [1.54, 1.807) is 6.20 Å². The zero-order valence-electron chi connectivity index (χ0n) is 10.6. The van der Waals surface area contributed by atoms with Crippen LogP contribution in [0.15, 0.2) is 12.3 Å². The van der Waals surface area contributed by atoms with Gasteiger partial charge in [0.15, 0.2) is 0 Å². The molecule has 92 valence electrons. The molecule has 17 heavy (non-hydrogen) atoms. The molecule has 0 saturated carbocycles. The highest BCUT2D eigenvalue weighted by Crippen LogP contribution is 2.45. The number of pyridine rings is 1. The topological polar surface area (TPSA) is 22.1 Å². The third kappa shape index (κ3) is 2.21. The van der Waals surface area contributed by atoms with Gasteiger partial charge in [-0.05, 0) is 37.1 Å². The van der Waals surface area contributed by atoms with Gasteiger partial charge in [-0.1, -0.05) is 37.0 Å². The van der Waals surface area contributed by atoms with Crippen LogP contribution in [0.4, 0.5) is 0 Å². The van der Waals surface area contributed by atoms with E-state index in [-0.39, 0.29) is 17.9 Å². The molecular weight excluding hydrogens is 256 g/mol. The number of hydrogen-bond donors (Lipinski definition) is 0. The Morgan fingerprint density at radius 1 is 1.29 bits per heavy atom. The molecule has 1 aliphatic rings. The van der Waals surface area contributed by atoms with E-state index in [0.717, 1.165) is 11.8 Å². The van der Waals surface area contributed by atoms with Crippen LogP contribution in [0.5, 0.6) is 0 Å². The van der Waals surface area contributed by atoms with Gasteiger partial charge in [0.05, 0.1) is 10.6 Å². The summed E-state index contributed by atoms with van der Waals surface area (Å²) in [5.74, 6) is 0. The van der Waals surface area contributed by atoms with Crippen molar-refractivity contribution >= 4 is 35.6 Å². The van der Waals surface area contributed by atoms with Crippen molar-refractivity contribution < 1.29 is 4.65 Å². The van der Waals surface area contributed by atoms with Gasteiger partial charge in [0.1, 0.15) is 5.15 Å². The number of nitrogens with zero attached hydrogens (tertiary/aromatic N) is 1. The number of halogens is 2. The molecule has 0 radical (unpaired) electrons. The average Bonchev–Trinajstić information content (AvgIpc) is 2.40. The fraction of sp³-hybridized carbons (Fsp3) is 0.583. The van der Waals surface area contributed by atoms with Gasteiger partial charge >= 0.3 is 6.92 Å². The third-order valence-corrected chi connectivity index (χ3v) is 4.77. The first-order chi connectivity index (χ1) is 7.74. The second-order valence-corrected chi connectivity index (χ2v) is 6.45. The summed E-state index contributed by atoms with van der Waals surface area (Å²) in [5.41, 5.74) is 0.873. The average molecular weight is 272 g/mol. The fourth-order valence-corrected chi connectivity index (χ4v) is 2.52. The van der Waals surface area contributed by atoms with Crippen LogP contribution < -0.4 is 5.46 Å². The van der Waals surface area contributed by atoms with E-state index in [0.29, 0.717) is 10.2 Å². The lowest BCUT2D eigenvalue weighted by Crippen LogP contribution is -2.36. The molecule has 1 aliphatic heterocycles. The summed E-state index contributed by atoms with van der Waals surface area (Å²) in [6.45, 7) is 8.65. The van der Waals surface area contributed by atoms with Gasteiger partial charge in [-0.25, -0.2) is 4.98 Å². The van der Waals surface area contributed by atoms with E-state index in [9.17, 15) is 0 Å². The molecule has 0 atom stereocenters. The minimum Gasteiger partial charge on any atom is -0.425 e. The molecule has 0 amide bonds. The zero-order valence-corrected chi connectivity index (χ0v) is 12.1. The van der Waals surface area contributed by atoms with Gasteiger partial charge < -0.3 is 4.65 Å². The van der Waals surface area contributed by atoms with E-state index in [1.165, 1.54) is 0 Å². The Morgan fingerprint density at radius 2 is 1.94 bits per heavy atom. The van der Waals surface area contributed by atoms with Crippen molar-refractivity contribution in [3.8, 4) is 0 Å². The Morgan fingerprint density at radius 3 is 2.47 bits per heavy atom. The molecule has 0 unspecified atom stereocenters. The van der Waals surface area contributed by atoms with Crippen LogP contribution >= 0.6 is 23.2 Å². The van der Waals surface area contributed by atoms with Gasteiger partial charge in [-0.3, -0.25) is 0 Å². The zero-order chi connectivity index (χ0) is 12.8. The molecule has 0 N–H and O–H groups in total. The first kappa shape index (κ1) is 13.2. The molecule has 1 aromatic rings. The SMILES string of the molecule is CC1(C)CB(c2ccnc(Cl)c2Cl)OC1(C)C. The Kier molecular flexibility index (Phi) is 3.22. The first-order valence-corrected chi connectivity index (χ1v) is 6.48. The molecule has 0 aliphatic carbocycles. The molecular formula is C12H16BCl2NO. The maximum absolute atomic E-state index is 6.19. The van der Waals surface area contributed by atoms with Crippen LogP contribution in [-0.2, 0) is 4.65 Å². The lowest BCUT2D eigenvalue weighted by Gasteiger charge is -2.34. The minimum absolute atomic E-state index is 0.00648. The summed E-state index contributed by atoms with van der Waals surface area (Å²) in [7, 11) is 0. The van der Waals surface area contributed by atoms with Gasteiger partial charge in [0.2, 0.25) is 0 Å². The van der Waals surface area contributed by atoms with Gasteiger partial charge in [-0.15, -0.1) is 0 Å². The predicted molar refractivity (Wildman–Crippen MR) is 73.4 cm³/mol. The Hall–Kier alpha value is -0.245. The normalized spacial score (nSPS) is 21.9. The van der Waals surface area contributed by atoms with Crippen LogP contribution in [0, 0.1) is 5.41 Å². The lowest BCUT2D eigenvalue weighted by atomic mass is 9.54. The van der Waals surface area contributed by atoms with Gasteiger partial charge in [0, 0.05) is 6.20 Å². The quantitative estimate of drug-likeness (QED) is 0.577. The Labute approximate surface area is 113 Å². The van der Waals surface area contributed by atoms with Crippen LogP contribution in [0.2, 0.25) is 16.5 Å². The Balaban J connectivity index is 2.36. The molecule has 5 heteroatoms. The summed E-state index contributed by atoms with van der Waals surface area (Å²) in [5, 5.41) is 0.850. The molecule has 1 fully saturated rings. The van der Waals surface area contributed by atoms with Crippen LogP contribution in [0.25, 0.3) is 0 Å². The molecule has 0 bridgehead atoms. The fourth-order valence-electron chi connectivity index (χ4n) is 2.12. The molecule has 2 nitrogen and oxygen atoms in total. The maximum atomic E-state index is 6.19. The molecule has 0 spiro atoms. The predicted octanol–water partition coefficient (Wildman–Crippen LogP) is 3.42. The first-order valence-electron chi connectivity index (χ1n) is 5.72. The minimum atomic E-state index is -0.170. The third-order valence-electron chi connectivity index (χ3n) is 3.99. The molecule has 0 aromatic carbocycles. The summed E-state index contributed by atoms with van der Waals surface area (Å²) >= 11 is 12.1. The van der Waals surface area contributed by atoms with E-state index < -0.39 is 0 Å². The molecule has 2 heterocycles. The van der Waals surface area contributed by atoms with Crippen molar-refractivity contribution in [2.24, 2.45) is 5.41 Å². The van der Waals surface area contributed by atoms with E-state index >= 15 is 0 Å². The number of rotatable bonds is 1. The maximum Gasteiger partial charge on any atom is 0.329 e. The van der Waals surface area contributed by atoms with Crippen molar-refractivity contribution in [1.29, 1.82) is 0 Å². The number of aromatic nitrogens is 1. The lowest BCUT2D eigenvalue weighted by molar-refractivity contribution is 0.0375. The smallest absolute Gasteiger partial charge is 0.329 e. The van der Waals surface area contributed by atoms with E-state index in [1.807, 2.05) is 6.07 Å². The second kappa shape index (κ2) is 4.15. The van der Waals surface area contributed by atoms with E-state index in [4.69, 9.17) is 27.9 Å². The highest BCUT2D eigenvalue weighted by Gasteiger charge is 2.50. The summed E-state index contributed by atoms with van der Waals surface area (Å²) in [4.78, 5) is 3.96. The summed E-state index contributed by atoms with van der Waals surface area (Å²) < 4.78 is 6.12.